The normalized spacial score (nSPS) is 12.3. The number of rotatable bonds is 11. The molecule has 2 rings (SSSR count). The van der Waals surface area contributed by atoms with Gasteiger partial charge in [-0.3, -0.25) is 4.90 Å². The van der Waals surface area contributed by atoms with Crippen LogP contribution in [0.15, 0.2) is 54.6 Å². The molecule has 136 valence electrons. The van der Waals surface area contributed by atoms with Crippen molar-refractivity contribution in [2.45, 2.75) is 26.0 Å². The van der Waals surface area contributed by atoms with Gasteiger partial charge in [-0.25, -0.2) is 0 Å². The van der Waals surface area contributed by atoms with Gasteiger partial charge in [-0.15, -0.1) is 0 Å². The van der Waals surface area contributed by atoms with Gasteiger partial charge in [0.2, 0.25) is 0 Å². The Bertz CT molecular complexity index is 603. The summed E-state index contributed by atoms with van der Waals surface area (Å²) < 4.78 is 10.8. The van der Waals surface area contributed by atoms with Gasteiger partial charge in [-0.05, 0) is 31.0 Å². The highest BCUT2D eigenvalue weighted by Crippen LogP contribution is 2.11. The number of benzene rings is 2. The van der Waals surface area contributed by atoms with Gasteiger partial charge in [0.1, 0.15) is 18.5 Å². The highest BCUT2D eigenvalue weighted by molar-refractivity contribution is 5.22. The number of aliphatic hydroxyl groups is 1. The predicted molar refractivity (Wildman–Crippen MR) is 101 cm³/mol. The second-order valence-corrected chi connectivity index (χ2v) is 6.35. The van der Waals surface area contributed by atoms with Crippen LogP contribution < -0.4 is 4.74 Å². The molecule has 2 aromatic rings. The summed E-state index contributed by atoms with van der Waals surface area (Å²) in [5.74, 6) is 0.783. The van der Waals surface area contributed by atoms with Crippen molar-refractivity contribution in [1.82, 2.24) is 4.90 Å². The van der Waals surface area contributed by atoms with Crippen molar-refractivity contribution < 1.29 is 14.6 Å². The molecule has 4 nitrogen and oxygen atoms in total. The second-order valence-electron chi connectivity index (χ2n) is 6.35. The number of ether oxygens (including phenoxy) is 2. The Morgan fingerprint density at radius 2 is 1.88 bits per heavy atom. The van der Waals surface area contributed by atoms with Gasteiger partial charge in [0, 0.05) is 33.4 Å². The number of methoxy groups -OCH3 is 1. The Morgan fingerprint density at radius 1 is 1.08 bits per heavy atom. The molecule has 2 aromatic carbocycles. The first-order valence-electron chi connectivity index (χ1n) is 8.80. The number of hydrogen-bond donors (Lipinski definition) is 1. The molecule has 0 spiro atoms. The molecule has 0 aromatic heterocycles. The molecular weight excluding hydrogens is 314 g/mol. The van der Waals surface area contributed by atoms with Crippen LogP contribution in [0.1, 0.15) is 17.5 Å². The smallest absolute Gasteiger partial charge is 0.119 e. The predicted octanol–water partition coefficient (Wildman–Crippen LogP) is 3.27. The number of aryl methyl sites for hydroxylation is 1. The topological polar surface area (TPSA) is 41.9 Å². The van der Waals surface area contributed by atoms with E-state index in [2.05, 4.69) is 36.1 Å². The van der Waals surface area contributed by atoms with Crippen LogP contribution in [0, 0.1) is 6.92 Å². The van der Waals surface area contributed by atoms with E-state index in [0.717, 1.165) is 31.9 Å². The van der Waals surface area contributed by atoms with E-state index in [9.17, 15) is 5.11 Å². The van der Waals surface area contributed by atoms with Gasteiger partial charge in [-0.1, -0.05) is 48.0 Å². The molecule has 0 bridgehead atoms. The molecule has 1 atom stereocenters. The molecule has 0 unspecified atom stereocenters. The highest BCUT2D eigenvalue weighted by Gasteiger charge is 2.13. The summed E-state index contributed by atoms with van der Waals surface area (Å²) in [6, 6.07) is 18.1. The van der Waals surface area contributed by atoms with Crippen molar-refractivity contribution in [2.24, 2.45) is 0 Å². The zero-order valence-corrected chi connectivity index (χ0v) is 15.2. The van der Waals surface area contributed by atoms with Crippen molar-refractivity contribution in [3.63, 3.8) is 0 Å². The van der Waals surface area contributed by atoms with Gasteiger partial charge in [0.15, 0.2) is 0 Å². The largest absolute Gasteiger partial charge is 0.491 e. The maximum Gasteiger partial charge on any atom is 0.119 e. The molecule has 0 saturated heterocycles. The molecule has 1 N–H and O–H groups in total. The summed E-state index contributed by atoms with van der Waals surface area (Å²) in [6.07, 6.45) is 0.404. The quantitative estimate of drug-likeness (QED) is 0.636. The van der Waals surface area contributed by atoms with Crippen LogP contribution in [0.2, 0.25) is 0 Å². The first-order valence-corrected chi connectivity index (χ1v) is 8.80. The van der Waals surface area contributed by atoms with Gasteiger partial charge in [0.25, 0.3) is 0 Å². The average molecular weight is 343 g/mol. The SMILES string of the molecule is COCCCN(Cc1cccc(C)c1)C[C@H](O)COc1ccccc1. The van der Waals surface area contributed by atoms with E-state index in [1.54, 1.807) is 7.11 Å². The van der Waals surface area contributed by atoms with Crippen LogP contribution in [-0.2, 0) is 11.3 Å². The monoisotopic (exact) mass is 343 g/mol. The minimum absolute atomic E-state index is 0.290. The maximum absolute atomic E-state index is 10.4. The number of hydrogen-bond acceptors (Lipinski definition) is 4. The first kappa shape index (κ1) is 19.4. The van der Waals surface area contributed by atoms with Crippen molar-refractivity contribution in [3.05, 3.63) is 65.7 Å². The summed E-state index contributed by atoms with van der Waals surface area (Å²) in [6.45, 7) is 5.38. The third kappa shape index (κ3) is 7.69. The van der Waals surface area contributed by atoms with E-state index < -0.39 is 6.10 Å². The van der Waals surface area contributed by atoms with E-state index >= 15 is 0 Å². The van der Waals surface area contributed by atoms with Crippen molar-refractivity contribution in [3.8, 4) is 5.75 Å². The van der Waals surface area contributed by atoms with E-state index in [4.69, 9.17) is 9.47 Å². The minimum atomic E-state index is -0.535. The summed E-state index contributed by atoms with van der Waals surface area (Å²) >= 11 is 0. The van der Waals surface area contributed by atoms with Crippen molar-refractivity contribution >= 4 is 0 Å². The Morgan fingerprint density at radius 3 is 2.60 bits per heavy atom. The summed E-state index contributed by atoms with van der Waals surface area (Å²) in [4.78, 5) is 2.26. The van der Waals surface area contributed by atoms with Gasteiger partial charge in [0.05, 0.1) is 0 Å². The van der Waals surface area contributed by atoms with E-state index in [0.29, 0.717) is 13.2 Å². The van der Waals surface area contributed by atoms with Crippen LogP contribution in [-0.4, -0.2) is 49.5 Å². The second kappa shape index (κ2) is 10.9. The molecule has 0 amide bonds. The lowest BCUT2D eigenvalue weighted by atomic mass is 10.1. The van der Waals surface area contributed by atoms with Gasteiger partial charge >= 0.3 is 0 Å². The number of para-hydroxylation sites is 1. The molecule has 4 heteroatoms. The Labute approximate surface area is 151 Å². The molecule has 0 heterocycles. The third-order valence-electron chi connectivity index (χ3n) is 3.97. The molecule has 0 saturated carbocycles. The van der Waals surface area contributed by atoms with E-state index in [1.165, 1.54) is 11.1 Å². The third-order valence-corrected chi connectivity index (χ3v) is 3.97. The first-order chi connectivity index (χ1) is 12.2. The maximum atomic E-state index is 10.4. The van der Waals surface area contributed by atoms with Crippen LogP contribution >= 0.6 is 0 Å². The van der Waals surface area contributed by atoms with E-state index in [-0.39, 0.29) is 0 Å². The highest BCUT2D eigenvalue weighted by atomic mass is 16.5. The molecule has 0 radical (unpaired) electrons. The Hall–Kier alpha value is -1.88. The Balaban J connectivity index is 1.87. The minimum Gasteiger partial charge on any atom is -0.491 e. The van der Waals surface area contributed by atoms with Crippen molar-refractivity contribution in [1.29, 1.82) is 0 Å². The van der Waals surface area contributed by atoms with Gasteiger partial charge < -0.3 is 14.6 Å². The average Bonchev–Trinajstić information content (AvgIpc) is 2.61. The fourth-order valence-corrected chi connectivity index (χ4v) is 2.80. The standard InChI is InChI=1S/C21H29NO3/c1-18-8-6-9-19(14-18)15-22(12-7-13-24-2)16-20(23)17-25-21-10-4-3-5-11-21/h3-6,8-11,14,20,23H,7,12-13,15-17H2,1-2H3/t20-/m0/s1. The van der Waals surface area contributed by atoms with Crippen molar-refractivity contribution in [2.75, 3.05) is 33.4 Å². The number of aliphatic hydroxyl groups excluding tert-OH is 1. The molecular formula is C21H29NO3. The van der Waals surface area contributed by atoms with E-state index in [1.807, 2.05) is 30.3 Å². The van der Waals surface area contributed by atoms with Crippen LogP contribution in [0.5, 0.6) is 5.75 Å². The fourth-order valence-electron chi connectivity index (χ4n) is 2.80. The molecule has 0 aliphatic rings. The van der Waals surface area contributed by atoms with Crippen LogP contribution in [0.3, 0.4) is 0 Å². The lowest BCUT2D eigenvalue weighted by Crippen LogP contribution is -2.36. The van der Waals surface area contributed by atoms with Gasteiger partial charge in [-0.2, -0.15) is 0 Å². The molecule has 25 heavy (non-hydrogen) atoms. The molecule has 0 aliphatic heterocycles. The lowest BCUT2D eigenvalue weighted by Gasteiger charge is -2.25. The lowest BCUT2D eigenvalue weighted by molar-refractivity contribution is 0.0617. The zero-order valence-electron chi connectivity index (χ0n) is 15.2. The zero-order chi connectivity index (χ0) is 17.9. The molecule has 0 fully saturated rings. The summed E-state index contributed by atoms with van der Waals surface area (Å²) in [5, 5.41) is 10.4. The summed E-state index contributed by atoms with van der Waals surface area (Å²) in [5.41, 5.74) is 2.51. The number of nitrogens with zero attached hydrogens (tertiary/aromatic N) is 1. The van der Waals surface area contributed by atoms with Crippen LogP contribution in [0.4, 0.5) is 0 Å². The van der Waals surface area contributed by atoms with Crippen LogP contribution in [0.25, 0.3) is 0 Å². The summed E-state index contributed by atoms with van der Waals surface area (Å²) in [7, 11) is 1.72. The fraction of sp³-hybridized carbons (Fsp3) is 0.429. The molecule has 0 aliphatic carbocycles. The Kier molecular flexibility index (Phi) is 8.46.